The third kappa shape index (κ3) is 2.44. The van der Waals surface area contributed by atoms with Crippen molar-refractivity contribution >= 4 is 5.97 Å². The van der Waals surface area contributed by atoms with Crippen LogP contribution in [0.4, 0.5) is 0 Å². The number of carbonyl (C=O) groups is 1. The van der Waals surface area contributed by atoms with Gasteiger partial charge in [0.15, 0.2) is 5.69 Å². The second kappa shape index (κ2) is 5.31. The molecule has 1 aromatic carbocycles. The van der Waals surface area contributed by atoms with Crippen LogP contribution >= 0.6 is 0 Å². The summed E-state index contributed by atoms with van der Waals surface area (Å²) in [6.07, 6.45) is 3.16. The van der Waals surface area contributed by atoms with Crippen molar-refractivity contribution in [3.63, 3.8) is 0 Å². The molecule has 1 aliphatic carbocycles. The van der Waals surface area contributed by atoms with E-state index < -0.39 is 5.97 Å². The van der Waals surface area contributed by atoms with E-state index in [0.29, 0.717) is 5.92 Å². The first-order valence-corrected chi connectivity index (χ1v) is 7.37. The van der Waals surface area contributed by atoms with E-state index in [1.54, 1.807) is 4.68 Å². The van der Waals surface area contributed by atoms with Crippen molar-refractivity contribution in [3.05, 3.63) is 41.2 Å². The molecule has 0 bridgehead atoms. The molecule has 0 spiro atoms. The van der Waals surface area contributed by atoms with E-state index in [9.17, 15) is 9.90 Å². The van der Waals surface area contributed by atoms with Crippen molar-refractivity contribution in [2.24, 2.45) is 0 Å². The zero-order chi connectivity index (χ0) is 15.0. The molecule has 0 atom stereocenters. The summed E-state index contributed by atoms with van der Waals surface area (Å²) < 4.78 is 1.69. The fourth-order valence-electron chi connectivity index (χ4n) is 2.68. The van der Waals surface area contributed by atoms with E-state index in [1.807, 2.05) is 12.1 Å². The van der Waals surface area contributed by atoms with Crippen LogP contribution in [-0.2, 0) is 0 Å². The van der Waals surface area contributed by atoms with Crippen LogP contribution in [0.5, 0.6) is 0 Å². The Hall–Kier alpha value is -2.17. The third-order valence-electron chi connectivity index (χ3n) is 4.20. The van der Waals surface area contributed by atoms with Crippen molar-refractivity contribution in [1.29, 1.82) is 0 Å². The lowest BCUT2D eigenvalue weighted by Gasteiger charge is -2.26. The normalized spacial score (nSPS) is 15.2. The minimum Gasteiger partial charge on any atom is -0.476 e. The molecule has 1 aliphatic rings. The topological polar surface area (TPSA) is 68.0 Å². The number of rotatable bonds is 4. The molecule has 0 aliphatic heterocycles. The van der Waals surface area contributed by atoms with Crippen molar-refractivity contribution in [2.45, 2.75) is 44.9 Å². The van der Waals surface area contributed by atoms with Gasteiger partial charge in [0.25, 0.3) is 0 Å². The molecule has 21 heavy (non-hydrogen) atoms. The lowest BCUT2D eigenvalue weighted by atomic mass is 9.82. The number of aromatic carboxylic acids is 1. The Labute approximate surface area is 123 Å². The summed E-state index contributed by atoms with van der Waals surface area (Å²) in [5.74, 6) is -0.270. The van der Waals surface area contributed by atoms with Crippen LogP contribution in [-0.4, -0.2) is 26.1 Å². The van der Waals surface area contributed by atoms with Crippen LogP contribution in [0.25, 0.3) is 5.69 Å². The van der Waals surface area contributed by atoms with Crippen molar-refractivity contribution in [2.75, 3.05) is 0 Å². The minimum absolute atomic E-state index is 0.0904. The van der Waals surface area contributed by atoms with Crippen LogP contribution < -0.4 is 0 Å². The SMILES string of the molecule is CC(C)c1ccc(-n2nnc(C(=O)O)c2C2CCC2)cc1. The van der Waals surface area contributed by atoms with E-state index >= 15 is 0 Å². The maximum Gasteiger partial charge on any atom is 0.358 e. The molecular formula is C16H19N3O2. The van der Waals surface area contributed by atoms with E-state index in [-0.39, 0.29) is 11.6 Å². The molecule has 5 nitrogen and oxygen atoms in total. The highest BCUT2D eigenvalue weighted by Gasteiger charge is 2.30. The second-order valence-corrected chi connectivity index (χ2v) is 5.91. The van der Waals surface area contributed by atoms with Gasteiger partial charge < -0.3 is 5.11 Å². The zero-order valence-corrected chi connectivity index (χ0v) is 12.3. The highest BCUT2D eigenvalue weighted by Crippen LogP contribution is 2.38. The summed E-state index contributed by atoms with van der Waals surface area (Å²) in [6, 6.07) is 8.09. The summed E-state index contributed by atoms with van der Waals surface area (Å²) in [6.45, 7) is 4.29. The molecule has 0 radical (unpaired) electrons. The third-order valence-corrected chi connectivity index (χ3v) is 4.20. The molecule has 1 saturated carbocycles. The molecule has 3 rings (SSSR count). The smallest absolute Gasteiger partial charge is 0.358 e. The summed E-state index contributed by atoms with van der Waals surface area (Å²) in [5.41, 5.74) is 2.96. The molecular weight excluding hydrogens is 266 g/mol. The van der Waals surface area contributed by atoms with Crippen molar-refractivity contribution < 1.29 is 9.90 Å². The molecule has 1 fully saturated rings. The predicted molar refractivity (Wildman–Crippen MR) is 79.0 cm³/mol. The Balaban J connectivity index is 2.03. The molecule has 0 saturated heterocycles. The average molecular weight is 285 g/mol. The maximum atomic E-state index is 11.3. The Morgan fingerprint density at radius 1 is 1.29 bits per heavy atom. The Morgan fingerprint density at radius 2 is 1.95 bits per heavy atom. The molecule has 1 N–H and O–H groups in total. The van der Waals surface area contributed by atoms with E-state index in [2.05, 4.69) is 36.3 Å². The lowest BCUT2D eigenvalue weighted by molar-refractivity contribution is 0.0687. The lowest BCUT2D eigenvalue weighted by Crippen LogP contribution is -2.17. The number of benzene rings is 1. The first-order valence-electron chi connectivity index (χ1n) is 7.37. The standard InChI is InChI=1S/C16H19N3O2/c1-10(2)11-6-8-13(9-7-11)19-15(12-4-3-5-12)14(16(20)21)17-18-19/h6-10,12H,3-5H2,1-2H3,(H,20,21). The highest BCUT2D eigenvalue weighted by molar-refractivity contribution is 5.86. The Morgan fingerprint density at radius 3 is 2.43 bits per heavy atom. The van der Waals surface area contributed by atoms with Crippen LogP contribution in [0.2, 0.25) is 0 Å². The van der Waals surface area contributed by atoms with Gasteiger partial charge in [-0.3, -0.25) is 0 Å². The molecule has 5 heteroatoms. The zero-order valence-electron chi connectivity index (χ0n) is 12.3. The number of carboxylic acids is 1. The molecule has 1 aromatic heterocycles. The van der Waals surface area contributed by atoms with E-state index in [0.717, 1.165) is 30.6 Å². The quantitative estimate of drug-likeness (QED) is 0.935. The van der Waals surface area contributed by atoms with E-state index in [1.165, 1.54) is 5.56 Å². The highest BCUT2D eigenvalue weighted by atomic mass is 16.4. The number of aromatic nitrogens is 3. The van der Waals surface area contributed by atoms with Crippen LogP contribution in [0.3, 0.4) is 0 Å². The predicted octanol–water partition coefficient (Wildman–Crippen LogP) is 3.36. The average Bonchev–Trinajstić information content (AvgIpc) is 2.81. The Bertz CT molecular complexity index is 655. The number of hydrogen-bond donors (Lipinski definition) is 1. The summed E-state index contributed by atoms with van der Waals surface area (Å²) >= 11 is 0. The number of hydrogen-bond acceptors (Lipinski definition) is 3. The number of nitrogens with zero attached hydrogens (tertiary/aromatic N) is 3. The molecule has 0 unspecified atom stereocenters. The molecule has 110 valence electrons. The Kier molecular flexibility index (Phi) is 3.49. The molecule has 1 heterocycles. The monoisotopic (exact) mass is 285 g/mol. The van der Waals surface area contributed by atoms with Gasteiger partial charge in [-0.1, -0.05) is 37.6 Å². The van der Waals surface area contributed by atoms with Crippen molar-refractivity contribution in [3.8, 4) is 5.69 Å². The van der Waals surface area contributed by atoms with Crippen LogP contribution in [0.15, 0.2) is 24.3 Å². The van der Waals surface area contributed by atoms with Crippen LogP contribution in [0, 0.1) is 0 Å². The minimum atomic E-state index is -0.998. The van der Waals surface area contributed by atoms with Gasteiger partial charge in [-0.25, -0.2) is 9.48 Å². The first kappa shape index (κ1) is 13.8. The largest absolute Gasteiger partial charge is 0.476 e. The summed E-state index contributed by atoms with van der Waals surface area (Å²) in [5, 5.41) is 17.2. The van der Waals surface area contributed by atoms with Crippen molar-refractivity contribution in [1.82, 2.24) is 15.0 Å². The fraction of sp³-hybridized carbons (Fsp3) is 0.438. The van der Waals surface area contributed by atoms with Gasteiger partial charge in [0.05, 0.1) is 11.4 Å². The summed E-state index contributed by atoms with van der Waals surface area (Å²) in [7, 11) is 0. The second-order valence-electron chi connectivity index (χ2n) is 5.91. The van der Waals surface area contributed by atoms with Gasteiger partial charge in [-0.2, -0.15) is 0 Å². The van der Waals surface area contributed by atoms with Gasteiger partial charge in [0.2, 0.25) is 0 Å². The van der Waals surface area contributed by atoms with Gasteiger partial charge in [-0.15, -0.1) is 5.10 Å². The summed E-state index contributed by atoms with van der Waals surface area (Å²) in [4.78, 5) is 11.3. The number of carboxylic acid groups (broad SMARTS) is 1. The van der Waals surface area contributed by atoms with Gasteiger partial charge >= 0.3 is 5.97 Å². The molecule has 2 aromatic rings. The van der Waals surface area contributed by atoms with Gasteiger partial charge in [-0.05, 0) is 36.5 Å². The fourth-order valence-corrected chi connectivity index (χ4v) is 2.68. The van der Waals surface area contributed by atoms with E-state index in [4.69, 9.17) is 0 Å². The van der Waals surface area contributed by atoms with Crippen LogP contribution in [0.1, 0.15) is 66.7 Å². The maximum absolute atomic E-state index is 11.3. The van der Waals surface area contributed by atoms with Gasteiger partial charge in [0.1, 0.15) is 0 Å². The molecule has 0 amide bonds. The first-order chi connectivity index (χ1) is 10.1. The van der Waals surface area contributed by atoms with Gasteiger partial charge in [0, 0.05) is 5.92 Å².